The number of methoxy groups -OCH3 is 1. The van der Waals surface area contributed by atoms with E-state index < -0.39 is 22.2 Å². The summed E-state index contributed by atoms with van der Waals surface area (Å²) < 4.78 is 32.4. The Balaban J connectivity index is 2.16. The van der Waals surface area contributed by atoms with E-state index in [2.05, 4.69) is 0 Å². The van der Waals surface area contributed by atoms with Crippen LogP contribution >= 0.6 is 0 Å². The van der Waals surface area contributed by atoms with Crippen molar-refractivity contribution in [2.75, 3.05) is 26.5 Å². The summed E-state index contributed by atoms with van der Waals surface area (Å²) >= 11 is 0. The first kappa shape index (κ1) is 16.7. The predicted octanol–water partition coefficient (Wildman–Crippen LogP) is 0.946. The number of carbonyl (C=O) groups excluding carboxylic acids is 1. The maximum atomic E-state index is 11.8. The monoisotopic (exact) mass is 325 g/mol. The molecule has 0 aromatic heterocycles. The van der Waals surface area contributed by atoms with Crippen molar-refractivity contribution in [2.24, 2.45) is 0 Å². The zero-order valence-electron chi connectivity index (χ0n) is 12.6. The molecule has 0 fully saturated rings. The smallest absolute Gasteiger partial charge is 0.334 e. The third-order valence-corrected chi connectivity index (χ3v) is 3.81. The summed E-state index contributed by atoms with van der Waals surface area (Å²) in [7, 11) is -2.30. The van der Waals surface area contributed by atoms with Gasteiger partial charge in [-0.15, -0.1) is 0 Å². The van der Waals surface area contributed by atoms with E-state index in [9.17, 15) is 13.2 Å². The Hall–Kier alpha value is -1.70. The minimum atomic E-state index is -3.60. The number of hydrogen-bond donors (Lipinski definition) is 0. The van der Waals surface area contributed by atoms with Crippen LogP contribution in [0.2, 0.25) is 0 Å². The highest BCUT2D eigenvalue weighted by atomic mass is 32.2. The van der Waals surface area contributed by atoms with Crippen LogP contribution in [0.4, 0.5) is 0 Å². The van der Waals surface area contributed by atoms with Gasteiger partial charge in [-0.25, -0.2) is 4.79 Å². The fourth-order valence-corrected chi connectivity index (χ4v) is 2.96. The van der Waals surface area contributed by atoms with Gasteiger partial charge in [0.1, 0.15) is 6.10 Å². The molecule has 0 aliphatic carbocycles. The number of nitrogens with zero attached hydrogens (tertiary/aromatic N) is 1. The Morgan fingerprint density at radius 2 is 2.00 bits per heavy atom. The Labute approximate surface area is 130 Å². The molecule has 1 aliphatic heterocycles. The van der Waals surface area contributed by atoms with E-state index in [1.807, 2.05) is 35.2 Å². The fourth-order valence-electron chi connectivity index (χ4n) is 2.40. The molecule has 0 amide bonds. The highest BCUT2D eigenvalue weighted by molar-refractivity contribution is 7.86. The summed E-state index contributed by atoms with van der Waals surface area (Å²) in [6, 6.07) is 9.74. The minimum Gasteiger partial charge on any atom is -0.466 e. The molecule has 22 heavy (non-hydrogen) atoms. The second-order valence-electron chi connectivity index (χ2n) is 5.18. The summed E-state index contributed by atoms with van der Waals surface area (Å²) in [6.07, 6.45) is 1.82. The summed E-state index contributed by atoms with van der Waals surface area (Å²) in [4.78, 5) is 13.7. The lowest BCUT2D eigenvalue weighted by Gasteiger charge is -2.30. The normalized spacial score (nSPS) is 19.5. The van der Waals surface area contributed by atoms with Gasteiger partial charge in [-0.2, -0.15) is 8.42 Å². The number of ether oxygens (including phenoxy) is 1. The zero-order valence-corrected chi connectivity index (χ0v) is 13.4. The van der Waals surface area contributed by atoms with Crippen molar-refractivity contribution in [3.8, 4) is 0 Å². The van der Waals surface area contributed by atoms with E-state index in [0.29, 0.717) is 25.2 Å². The first-order valence-electron chi connectivity index (χ1n) is 6.81. The molecule has 120 valence electrons. The lowest BCUT2D eigenvalue weighted by Crippen LogP contribution is -2.40. The Morgan fingerprint density at radius 1 is 1.32 bits per heavy atom. The van der Waals surface area contributed by atoms with Gasteiger partial charge in [-0.3, -0.25) is 9.08 Å². The quantitative estimate of drug-likeness (QED) is 0.593. The summed E-state index contributed by atoms with van der Waals surface area (Å²) in [5.41, 5.74) is 1.48. The maximum absolute atomic E-state index is 11.8. The van der Waals surface area contributed by atoms with Gasteiger partial charge < -0.3 is 4.74 Å². The number of carbonyl (C=O) groups is 1. The molecule has 7 heteroatoms. The molecule has 1 aromatic carbocycles. The predicted molar refractivity (Wildman–Crippen MR) is 81.5 cm³/mol. The fraction of sp³-hybridized carbons (Fsp3) is 0.400. The van der Waals surface area contributed by atoms with Gasteiger partial charge in [0.05, 0.1) is 13.4 Å². The van der Waals surface area contributed by atoms with Crippen molar-refractivity contribution in [1.82, 2.24) is 4.90 Å². The molecule has 0 unspecified atom stereocenters. The molecule has 0 spiro atoms. The number of rotatable bonds is 5. The van der Waals surface area contributed by atoms with Crippen LogP contribution in [0.1, 0.15) is 5.56 Å². The topological polar surface area (TPSA) is 72.9 Å². The third kappa shape index (κ3) is 4.94. The molecule has 2 rings (SSSR count). The second kappa shape index (κ2) is 7.04. The van der Waals surface area contributed by atoms with Crippen LogP contribution < -0.4 is 0 Å². The van der Waals surface area contributed by atoms with Gasteiger partial charge in [0, 0.05) is 25.2 Å². The van der Waals surface area contributed by atoms with Crippen molar-refractivity contribution < 1.29 is 22.1 Å². The van der Waals surface area contributed by atoms with Crippen molar-refractivity contribution in [1.29, 1.82) is 0 Å². The van der Waals surface area contributed by atoms with Gasteiger partial charge in [0.15, 0.2) is 0 Å². The summed E-state index contributed by atoms with van der Waals surface area (Å²) in [5, 5.41) is 0. The molecule has 1 aromatic rings. The molecule has 0 saturated carbocycles. The highest BCUT2D eigenvalue weighted by Gasteiger charge is 2.27. The van der Waals surface area contributed by atoms with Crippen LogP contribution in [0.25, 0.3) is 0 Å². The van der Waals surface area contributed by atoms with E-state index >= 15 is 0 Å². The van der Waals surface area contributed by atoms with Crippen LogP contribution in [0, 0.1) is 0 Å². The summed E-state index contributed by atoms with van der Waals surface area (Å²) in [5.74, 6) is -0.472. The van der Waals surface area contributed by atoms with Crippen LogP contribution in [-0.4, -0.2) is 51.8 Å². The molecule has 0 saturated heterocycles. The molecule has 0 N–H and O–H groups in total. The van der Waals surface area contributed by atoms with Crippen molar-refractivity contribution >= 4 is 16.1 Å². The maximum Gasteiger partial charge on any atom is 0.334 e. The Kier molecular flexibility index (Phi) is 5.33. The summed E-state index contributed by atoms with van der Waals surface area (Å²) in [6.45, 7) is 1.38. The highest BCUT2D eigenvalue weighted by Crippen LogP contribution is 2.17. The van der Waals surface area contributed by atoms with Crippen molar-refractivity contribution in [2.45, 2.75) is 12.6 Å². The van der Waals surface area contributed by atoms with E-state index in [4.69, 9.17) is 8.92 Å². The average molecular weight is 325 g/mol. The lowest BCUT2D eigenvalue weighted by atomic mass is 10.1. The largest absolute Gasteiger partial charge is 0.466 e. The minimum absolute atomic E-state index is 0.391. The van der Waals surface area contributed by atoms with Crippen molar-refractivity contribution in [3.63, 3.8) is 0 Å². The van der Waals surface area contributed by atoms with Crippen molar-refractivity contribution in [3.05, 3.63) is 47.5 Å². The van der Waals surface area contributed by atoms with Crippen LogP contribution in [0.5, 0.6) is 0 Å². The number of hydrogen-bond acceptors (Lipinski definition) is 6. The average Bonchev–Trinajstić information content (AvgIpc) is 2.45. The molecule has 1 aliphatic rings. The van der Waals surface area contributed by atoms with Crippen LogP contribution in [0.3, 0.4) is 0 Å². The van der Waals surface area contributed by atoms with Crippen LogP contribution in [0.15, 0.2) is 42.0 Å². The molecular weight excluding hydrogens is 306 g/mol. The zero-order chi connectivity index (χ0) is 16.2. The standard InChI is InChI=1S/C15H19NO5S/c1-20-15(17)13-8-14(21-22(2,18)19)11-16(10-13)9-12-6-4-3-5-7-12/h3-8,14H,9-11H2,1-2H3/t14-/m0/s1. The molecule has 0 bridgehead atoms. The first-order chi connectivity index (χ1) is 10.4. The lowest BCUT2D eigenvalue weighted by molar-refractivity contribution is -0.136. The van der Waals surface area contributed by atoms with E-state index in [1.165, 1.54) is 13.2 Å². The van der Waals surface area contributed by atoms with Gasteiger partial charge in [0.25, 0.3) is 10.1 Å². The first-order valence-corrected chi connectivity index (χ1v) is 8.62. The Bertz CT molecular complexity index is 654. The molecule has 6 nitrogen and oxygen atoms in total. The molecular formula is C15H19NO5S. The molecule has 0 radical (unpaired) electrons. The van der Waals surface area contributed by atoms with Gasteiger partial charge in [-0.1, -0.05) is 30.3 Å². The van der Waals surface area contributed by atoms with E-state index in [-0.39, 0.29) is 0 Å². The van der Waals surface area contributed by atoms with Gasteiger partial charge >= 0.3 is 5.97 Å². The number of benzene rings is 1. The van der Waals surface area contributed by atoms with Crippen LogP contribution in [-0.2, 0) is 30.4 Å². The Morgan fingerprint density at radius 3 is 2.59 bits per heavy atom. The van der Waals surface area contributed by atoms with E-state index in [0.717, 1.165) is 11.8 Å². The molecule has 1 atom stereocenters. The third-order valence-electron chi connectivity index (χ3n) is 3.21. The SMILES string of the molecule is COC(=O)C1=C[C@H](OS(C)(=O)=O)CN(Cc2ccccc2)C1. The van der Waals surface area contributed by atoms with E-state index in [1.54, 1.807) is 0 Å². The van der Waals surface area contributed by atoms with Gasteiger partial charge in [-0.05, 0) is 11.6 Å². The molecule has 1 heterocycles. The number of esters is 1. The second-order valence-corrected chi connectivity index (χ2v) is 6.78. The van der Waals surface area contributed by atoms with Gasteiger partial charge in [0.2, 0.25) is 0 Å².